The van der Waals surface area contributed by atoms with Crippen LogP contribution in [0, 0.1) is 6.92 Å². The zero-order valence-electron chi connectivity index (χ0n) is 12.1. The minimum Gasteiger partial charge on any atom is -0.309 e. The summed E-state index contributed by atoms with van der Waals surface area (Å²) in [5.41, 5.74) is 0.956. The first-order chi connectivity index (χ1) is 9.12. The summed E-state index contributed by atoms with van der Waals surface area (Å²) >= 11 is 0. The normalized spacial score (nSPS) is 11.7. The zero-order valence-corrected chi connectivity index (χ0v) is 13.8. The van der Waals surface area contributed by atoms with E-state index in [1.807, 2.05) is 6.92 Å². The van der Waals surface area contributed by atoms with Crippen LogP contribution in [0.2, 0.25) is 0 Å². The lowest BCUT2D eigenvalue weighted by molar-refractivity contribution is 0.225. The maximum Gasteiger partial charge on any atom is 0.327 e. The zero-order chi connectivity index (χ0) is 15.8. The van der Waals surface area contributed by atoms with Crippen LogP contribution in [0.25, 0.3) is 0 Å². The van der Waals surface area contributed by atoms with Crippen molar-refractivity contribution in [2.75, 3.05) is 19.9 Å². The lowest BCUT2D eigenvalue weighted by atomic mass is 10.2. The lowest BCUT2D eigenvalue weighted by Gasteiger charge is -2.10. The van der Waals surface area contributed by atoms with E-state index in [-0.39, 0.29) is 4.90 Å². The Morgan fingerprint density at radius 1 is 1.10 bits per heavy atom. The molecule has 6 nitrogen and oxygen atoms in total. The first-order valence-electron chi connectivity index (χ1n) is 6.03. The molecular weight excluding hydrogens is 303 g/mol. The molecular formula is C12H21O6PS. The van der Waals surface area contributed by atoms with E-state index in [1.165, 1.54) is 18.8 Å². The smallest absolute Gasteiger partial charge is 0.309 e. The Hall–Kier alpha value is -0.720. The van der Waals surface area contributed by atoms with Crippen LogP contribution < -0.4 is 0 Å². The van der Waals surface area contributed by atoms with Crippen LogP contribution in [0.15, 0.2) is 29.2 Å². The van der Waals surface area contributed by atoms with Crippen molar-refractivity contribution in [2.45, 2.75) is 25.7 Å². The molecule has 0 heterocycles. The summed E-state index contributed by atoms with van der Waals surface area (Å²) in [7, 11) is -6.71. The van der Waals surface area contributed by atoms with Crippen LogP contribution in [0.1, 0.15) is 19.4 Å². The van der Waals surface area contributed by atoms with Gasteiger partial charge in [0.1, 0.15) is 0 Å². The minimum atomic E-state index is -4.02. The number of rotatable bonds is 5. The van der Waals surface area contributed by atoms with Crippen molar-refractivity contribution in [3.63, 3.8) is 0 Å². The Labute approximate surface area is 120 Å². The van der Waals surface area contributed by atoms with Gasteiger partial charge in [0.05, 0.1) is 18.1 Å². The van der Waals surface area contributed by atoms with E-state index in [9.17, 15) is 13.0 Å². The van der Waals surface area contributed by atoms with Crippen LogP contribution in [0.4, 0.5) is 0 Å². The Morgan fingerprint density at radius 3 is 1.80 bits per heavy atom. The number of hydrogen-bond donors (Lipinski definition) is 1. The van der Waals surface area contributed by atoms with Crippen molar-refractivity contribution in [3.8, 4) is 0 Å². The molecule has 0 atom stereocenters. The molecule has 1 N–H and O–H groups in total. The molecule has 0 aliphatic heterocycles. The SMILES string of the molecule is CCOP(C)(=O)OCC.Cc1ccc(S(=O)(=O)O)cc1. The van der Waals surface area contributed by atoms with Gasteiger partial charge in [0.15, 0.2) is 0 Å². The van der Waals surface area contributed by atoms with E-state index in [0.717, 1.165) is 5.56 Å². The standard InChI is InChI=1S/C7H8O3S.C5H13O3P/c1-6-2-4-7(5-3-6)11(8,9)10;1-4-7-9(3,6)8-5-2/h2-5H,1H3,(H,8,9,10);4-5H2,1-3H3. The van der Waals surface area contributed by atoms with Gasteiger partial charge in [0.25, 0.3) is 10.1 Å². The maximum absolute atomic E-state index is 11.0. The minimum absolute atomic E-state index is 0.0666. The average Bonchev–Trinajstić information content (AvgIpc) is 2.28. The van der Waals surface area contributed by atoms with Crippen molar-refractivity contribution < 1.29 is 26.6 Å². The van der Waals surface area contributed by atoms with E-state index < -0.39 is 17.7 Å². The second-order valence-electron chi connectivity index (χ2n) is 3.89. The molecule has 0 radical (unpaired) electrons. The molecule has 1 rings (SSSR count). The van der Waals surface area contributed by atoms with Gasteiger partial charge >= 0.3 is 7.60 Å². The van der Waals surface area contributed by atoms with Crippen molar-refractivity contribution in [1.82, 2.24) is 0 Å². The van der Waals surface area contributed by atoms with Crippen LogP contribution >= 0.6 is 7.60 Å². The molecule has 0 spiro atoms. The van der Waals surface area contributed by atoms with Gasteiger partial charge in [-0.2, -0.15) is 8.42 Å². The summed E-state index contributed by atoms with van der Waals surface area (Å²) in [5, 5.41) is 0. The number of hydrogen-bond acceptors (Lipinski definition) is 5. The van der Waals surface area contributed by atoms with E-state index in [2.05, 4.69) is 0 Å². The fraction of sp³-hybridized carbons (Fsp3) is 0.500. The topological polar surface area (TPSA) is 89.9 Å². The molecule has 0 saturated carbocycles. The van der Waals surface area contributed by atoms with Gasteiger partial charge in [-0.05, 0) is 32.9 Å². The van der Waals surface area contributed by atoms with E-state index in [0.29, 0.717) is 13.2 Å². The second-order valence-corrected chi connectivity index (χ2v) is 7.38. The van der Waals surface area contributed by atoms with Crippen molar-refractivity contribution in [1.29, 1.82) is 0 Å². The molecule has 1 aromatic carbocycles. The van der Waals surface area contributed by atoms with Crippen LogP contribution in [-0.2, 0) is 23.7 Å². The summed E-state index contributed by atoms with van der Waals surface area (Å²) < 4.78 is 50.1. The van der Waals surface area contributed by atoms with E-state index in [4.69, 9.17) is 13.6 Å². The van der Waals surface area contributed by atoms with Gasteiger partial charge in [-0.3, -0.25) is 9.12 Å². The first kappa shape index (κ1) is 19.3. The Bertz CT molecular complexity index is 528. The highest BCUT2D eigenvalue weighted by Gasteiger charge is 2.13. The molecule has 0 aromatic heterocycles. The number of aryl methyl sites for hydroxylation is 1. The van der Waals surface area contributed by atoms with Gasteiger partial charge in [0, 0.05) is 6.66 Å². The molecule has 8 heteroatoms. The third-order valence-corrected chi connectivity index (χ3v) is 4.37. The fourth-order valence-electron chi connectivity index (χ4n) is 1.22. The Balaban J connectivity index is 0.000000370. The fourth-order valence-corrected chi connectivity index (χ4v) is 2.71. The summed E-state index contributed by atoms with van der Waals surface area (Å²) in [4.78, 5) is -0.0666. The molecule has 116 valence electrons. The maximum atomic E-state index is 11.0. The molecule has 0 aliphatic rings. The first-order valence-corrected chi connectivity index (χ1v) is 9.46. The predicted molar refractivity (Wildman–Crippen MR) is 77.8 cm³/mol. The lowest BCUT2D eigenvalue weighted by Crippen LogP contribution is -1.96. The molecule has 0 fully saturated rings. The van der Waals surface area contributed by atoms with Crippen LogP contribution in [-0.4, -0.2) is 32.8 Å². The molecule has 0 unspecified atom stereocenters. The highest BCUT2D eigenvalue weighted by Crippen LogP contribution is 2.43. The van der Waals surface area contributed by atoms with Gasteiger partial charge in [-0.1, -0.05) is 17.7 Å². The monoisotopic (exact) mass is 324 g/mol. The summed E-state index contributed by atoms with van der Waals surface area (Å²) in [6.07, 6.45) is 0. The highest BCUT2D eigenvalue weighted by atomic mass is 32.2. The van der Waals surface area contributed by atoms with Crippen molar-refractivity contribution in [2.24, 2.45) is 0 Å². The second kappa shape index (κ2) is 8.54. The van der Waals surface area contributed by atoms with Gasteiger partial charge in [-0.15, -0.1) is 0 Å². The van der Waals surface area contributed by atoms with E-state index >= 15 is 0 Å². The molecule has 1 aromatic rings. The number of benzene rings is 1. The van der Waals surface area contributed by atoms with Gasteiger partial charge in [-0.25, -0.2) is 0 Å². The highest BCUT2D eigenvalue weighted by molar-refractivity contribution is 7.85. The average molecular weight is 324 g/mol. The third-order valence-electron chi connectivity index (χ3n) is 2.05. The molecule has 0 aliphatic carbocycles. The third kappa shape index (κ3) is 8.45. The van der Waals surface area contributed by atoms with Crippen molar-refractivity contribution >= 4 is 17.7 Å². The summed E-state index contributed by atoms with van der Waals surface area (Å²) in [5.74, 6) is 0. The quantitative estimate of drug-likeness (QED) is 0.661. The van der Waals surface area contributed by atoms with Crippen LogP contribution in [0.3, 0.4) is 0 Å². The largest absolute Gasteiger partial charge is 0.327 e. The molecule has 0 amide bonds. The molecule has 20 heavy (non-hydrogen) atoms. The summed E-state index contributed by atoms with van der Waals surface area (Å²) in [6.45, 7) is 7.76. The van der Waals surface area contributed by atoms with Crippen LogP contribution in [0.5, 0.6) is 0 Å². The van der Waals surface area contributed by atoms with Gasteiger partial charge < -0.3 is 9.05 Å². The molecule has 0 bridgehead atoms. The molecule has 0 saturated heterocycles. The van der Waals surface area contributed by atoms with E-state index in [1.54, 1.807) is 26.0 Å². The Morgan fingerprint density at radius 2 is 1.50 bits per heavy atom. The Kier molecular flexibility index (Phi) is 8.23. The predicted octanol–water partition coefficient (Wildman–Crippen LogP) is 3.12. The summed E-state index contributed by atoms with van der Waals surface area (Å²) in [6, 6.07) is 5.99. The van der Waals surface area contributed by atoms with Gasteiger partial charge in [0.2, 0.25) is 0 Å². The van der Waals surface area contributed by atoms with Crippen molar-refractivity contribution in [3.05, 3.63) is 29.8 Å².